The van der Waals surface area contributed by atoms with Crippen molar-refractivity contribution in [3.05, 3.63) is 42.6 Å². The fourth-order valence-electron chi connectivity index (χ4n) is 3.66. The highest BCUT2D eigenvalue weighted by molar-refractivity contribution is 6.12. The quantitative estimate of drug-likeness (QED) is 0.532. The Hall–Kier alpha value is -3.41. The zero-order valence-corrected chi connectivity index (χ0v) is 16.2. The Morgan fingerprint density at radius 3 is 2.61 bits per heavy atom. The van der Waals surface area contributed by atoms with E-state index in [1.165, 1.54) is 0 Å². The predicted molar refractivity (Wildman–Crippen MR) is 112 cm³/mol. The van der Waals surface area contributed by atoms with E-state index in [1.54, 1.807) is 18.8 Å². The number of para-hydroxylation sites is 1. The van der Waals surface area contributed by atoms with E-state index >= 15 is 0 Å². The van der Waals surface area contributed by atoms with Crippen LogP contribution in [-0.4, -0.2) is 28.9 Å². The number of aromatic nitrogens is 2. The highest BCUT2D eigenvalue weighted by Crippen LogP contribution is 2.40. The first-order valence-corrected chi connectivity index (χ1v) is 9.21. The minimum absolute atomic E-state index is 0.167. The van der Waals surface area contributed by atoms with E-state index in [4.69, 9.17) is 20.2 Å². The number of fused-ring (bicyclic) bond motifs is 2. The molecule has 0 fully saturated rings. The molecule has 0 aliphatic rings. The van der Waals surface area contributed by atoms with E-state index < -0.39 is 0 Å². The van der Waals surface area contributed by atoms with Crippen molar-refractivity contribution in [2.45, 2.75) is 19.9 Å². The van der Waals surface area contributed by atoms with Gasteiger partial charge in [-0.1, -0.05) is 31.2 Å². The zero-order valence-electron chi connectivity index (χ0n) is 16.2. The molecular formula is C22H23N3O3. The molecule has 0 atom stereocenters. The molecule has 0 unspecified atom stereocenters. The summed E-state index contributed by atoms with van der Waals surface area (Å²) in [5.41, 5.74) is 10.4. The summed E-state index contributed by atoms with van der Waals surface area (Å²) in [7, 11) is 3.23. The van der Waals surface area contributed by atoms with Crippen LogP contribution in [0.3, 0.4) is 0 Å². The molecule has 6 heteroatoms. The average molecular weight is 377 g/mol. The molecule has 2 aromatic heterocycles. The van der Waals surface area contributed by atoms with Crippen molar-refractivity contribution in [3.8, 4) is 28.5 Å². The smallest absolute Gasteiger partial charge is 0.202 e. The molecule has 0 saturated carbocycles. The Labute approximate surface area is 163 Å². The molecule has 28 heavy (non-hydrogen) atoms. The molecule has 144 valence electrons. The molecular weight excluding hydrogens is 354 g/mol. The number of aromatic hydroxyl groups is 1. The van der Waals surface area contributed by atoms with Gasteiger partial charge in [0.2, 0.25) is 5.88 Å². The monoisotopic (exact) mass is 377 g/mol. The first kappa shape index (κ1) is 18.0. The summed E-state index contributed by atoms with van der Waals surface area (Å²) in [6.45, 7) is 2.77. The number of hydrogen-bond acceptors (Lipinski definition) is 5. The fourth-order valence-corrected chi connectivity index (χ4v) is 3.66. The van der Waals surface area contributed by atoms with Crippen LogP contribution in [0.25, 0.3) is 32.9 Å². The number of nitrogen functional groups attached to an aromatic ring is 1. The van der Waals surface area contributed by atoms with Crippen molar-refractivity contribution in [1.29, 1.82) is 0 Å². The summed E-state index contributed by atoms with van der Waals surface area (Å²) >= 11 is 0. The fraction of sp³-hybridized carbons (Fsp3) is 0.227. The Kier molecular flexibility index (Phi) is 4.47. The predicted octanol–water partition coefficient (Wildman–Crippen LogP) is 4.57. The number of pyridine rings is 1. The number of nitrogens with zero attached hydrogens (tertiary/aromatic N) is 2. The number of nitrogens with two attached hydrogens (primary N) is 1. The summed E-state index contributed by atoms with van der Waals surface area (Å²) in [6, 6.07) is 11.6. The van der Waals surface area contributed by atoms with Crippen LogP contribution < -0.4 is 15.2 Å². The van der Waals surface area contributed by atoms with Crippen LogP contribution in [0.5, 0.6) is 17.4 Å². The van der Waals surface area contributed by atoms with Gasteiger partial charge in [-0.3, -0.25) is 0 Å². The van der Waals surface area contributed by atoms with Crippen LogP contribution in [0, 0.1) is 0 Å². The molecule has 0 radical (unpaired) electrons. The van der Waals surface area contributed by atoms with Crippen LogP contribution in [-0.2, 0) is 6.54 Å². The molecule has 0 spiro atoms. The van der Waals surface area contributed by atoms with E-state index in [1.807, 2.05) is 42.6 Å². The van der Waals surface area contributed by atoms with Crippen LogP contribution in [0.15, 0.2) is 42.6 Å². The van der Waals surface area contributed by atoms with Crippen molar-refractivity contribution in [2.24, 2.45) is 0 Å². The third-order valence-corrected chi connectivity index (χ3v) is 5.02. The van der Waals surface area contributed by atoms with Gasteiger partial charge in [0, 0.05) is 23.7 Å². The molecule has 3 N–H and O–H groups in total. The lowest BCUT2D eigenvalue weighted by Gasteiger charge is -2.12. The van der Waals surface area contributed by atoms with Crippen LogP contribution in [0.2, 0.25) is 0 Å². The second kappa shape index (κ2) is 6.96. The lowest BCUT2D eigenvalue weighted by molar-refractivity contribution is 0.355. The first-order chi connectivity index (χ1) is 13.6. The minimum atomic E-state index is 0.167. The number of benzene rings is 2. The molecule has 4 rings (SSSR count). The maximum absolute atomic E-state index is 10.6. The van der Waals surface area contributed by atoms with Gasteiger partial charge in [-0.2, -0.15) is 0 Å². The maximum Gasteiger partial charge on any atom is 0.202 e. The summed E-state index contributed by atoms with van der Waals surface area (Å²) < 4.78 is 12.6. The second-order valence-electron chi connectivity index (χ2n) is 6.70. The van der Waals surface area contributed by atoms with Crippen LogP contribution in [0.4, 0.5) is 5.69 Å². The first-order valence-electron chi connectivity index (χ1n) is 9.21. The third-order valence-electron chi connectivity index (χ3n) is 5.02. The number of anilines is 1. The standard InChI is InChI=1S/C22H23N3O3/c1-4-10-25-12-16-19(22(25)26)20(23)15-7-5-6-14(21(15)24-16)13-8-9-17(27-2)18(11-13)28-3/h5-9,11-12,26H,4,10,23H2,1-3H3. The highest BCUT2D eigenvalue weighted by atomic mass is 16.5. The van der Waals surface area contributed by atoms with Crippen molar-refractivity contribution < 1.29 is 14.6 Å². The van der Waals surface area contributed by atoms with Crippen molar-refractivity contribution >= 4 is 27.5 Å². The SMILES string of the molecule is CCCn1cc2nc3c(-c4ccc(OC)c(OC)c4)cccc3c(N)c2c1O. The molecule has 0 aliphatic carbocycles. The summed E-state index contributed by atoms with van der Waals surface area (Å²) in [5, 5.41) is 12.0. The Morgan fingerprint density at radius 2 is 1.89 bits per heavy atom. The topological polar surface area (TPSA) is 82.5 Å². The molecule has 2 aromatic carbocycles. The van der Waals surface area contributed by atoms with E-state index in [2.05, 4.69) is 6.92 Å². The lowest BCUT2D eigenvalue weighted by atomic mass is 10.00. The maximum atomic E-state index is 10.6. The van der Waals surface area contributed by atoms with Gasteiger partial charge < -0.3 is 24.9 Å². The molecule has 0 aliphatic heterocycles. The van der Waals surface area contributed by atoms with Crippen molar-refractivity contribution in [1.82, 2.24) is 9.55 Å². The Balaban J connectivity index is 1.99. The Morgan fingerprint density at radius 1 is 1.11 bits per heavy atom. The zero-order chi connectivity index (χ0) is 19.8. The van der Waals surface area contributed by atoms with E-state index in [-0.39, 0.29) is 5.88 Å². The summed E-state index contributed by atoms with van der Waals surface area (Å²) in [5.74, 6) is 1.49. The van der Waals surface area contributed by atoms with Crippen LogP contribution in [0.1, 0.15) is 13.3 Å². The molecule has 6 nitrogen and oxygen atoms in total. The Bertz CT molecular complexity index is 1180. The van der Waals surface area contributed by atoms with E-state index in [0.717, 1.165) is 28.5 Å². The van der Waals surface area contributed by atoms with E-state index in [0.29, 0.717) is 34.6 Å². The summed E-state index contributed by atoms with van der Waals surface area (Å²) in [6.07, 6.45) is 2.76. The number of methoxy groups -OCH3 is 2. The minimum Gasteiger partial charge on any atom is -0.494 e. The van der Waals surface area contributed by atoms with Gasteiger partial charge >= 0.3 is 0 Å². The average Bonchev–Trinajstić information content (AvgIpc) is 3.03. The molecule has 2 heterocycles. The number of hydrogen-bond donors (Lipinski definition) is 2. The van der Waals surface area contributed by atoms with Gasteiger partial charge in [0.05, 0.1) is 36.3 Å². The van der Waals surface area contributed by atoms with Gasteiger partial charge in [0.1, 0.15) is 0 Å². The van der Waals surface area contributed by atoms with Crippen LogP contribution >= 0.6 is 0 Å². The van der Waals surface area contributed by atoms with Gasteiger partial charge in [0.15, 0.2) is 11.5 Å². The van der Waals surface area contributed by atoms with Gasteiger partial charge in [0.25, 0.3) is 0 Å². The van der Waals surface area contributed by atoms with Crippen molar-refractivity contribution in [3.63, 3.8) is 0 Å². The molecule has 4 aromatic rings. The molecule has 0 saturated heterocycles. The molecule has 0 amide bonds. The van der Waals surface area contributed by atoms with Crippen molar-refractivity contribution in [2.75, 3.05) is 20.0 Å². The van der Waals surface area contributed by atoms with E-state index in [9.17, 15) is 5.11 Å². The van der Waals surface area contributed by atoms with Gasteiger partial charge in [-0.05, 0) is 24.1 Å². The number of ether oxygens (including phenoxy) is 2. The third kappa shape index (κ3) is 2.69. The number of aryl methyl sites for hydroxylation is 1. The summed E-state index contributed by atoms with van der Waals surface area (Å²) in [4.78, 5) is 4.84. The van der Waals surface area contributed by atoms with Gasteiger partial charge in [-0.15, -0.1) is 0 Å². The highest BCUT2D eigenvalue weighted by Gasteiger charge is 2.17. The van der Waals surface area contributed by atoms with Gasteiger partial charge in [-0.25, -0.2) is 4.98 Å². The lowest BCUT2D eigenvalue weighted by Crippen LogP contribution is -1.94. The number of rotatable bonds is 5. The largest absolute Gasteiger partial charge is 0.494 e. The molecule has 0 bridgehead atoms. The second-order valence-corrected chi connectivity index (χ2v) is 6.70. The normalized spacial score (nSPS) is 11.2.